The number of hydrogen-bond acceptors (Lipinski definition) is 3. The summed E-state index contributed by atoms with van der Waals surface area (Å²) in [6.45, 7) is 3.24. The second-order valence-corrected chi connectivity index (χ2v) is 5.08. The number of hydrogen-bond donors (Lipinski definition) is 0. The van der Waals surface area contributed by atoms with Gasteiger partial charge in [-0.25, -0.2) is 0 Å². The number of piperidine rings is 1. The van der Waals surface area contributed by atoms with Gasteiger partial charge < -0.3 is 9.80 Å². The molecule has 2 aliphatic rings. The predicted molar refractivity (Wildman–Crippen MR) is 61.0 cm³/mol. The highest BCUT2D eigenvalue weighted by Crippen LogP contribution is 2.19. The van der Waals surface area contributed by atoms with Gasteiger partial charge in [0.2, 0.25) is 5.91 Å². The molecule has 0 aliphatic carbocycles. The fraction of sp³-hybridized carbons (Fsp3) is 0.833. The van der Waals surface area contributed by atoms with Gasteiger partial charge in [-0.15, -0.1) is 0 Å². The normalized spacial score (nSPS) is 27.4. The summed E-state index contributed by atoms with van der Waals surface area (Å²) >= 11 is 0. The average molecular weight is 224 g/mol. The Morgan fingerprint density at radius 2 is 2.25 bits per heavy atom. The molecule has 2 fully saturated rings. The molecule has 0 aromatic carbocycles. The SMILES string of the molecule is CN1CCC(CC(=O)N2CCCC(=O)C2)C1. The van der Waals surface area contributed by atoms with E-state index in [-0.39, 0.29) is 11.7 Å². The number of carbonyl (C=O) groups excluding carboxylic acids is 2. The maximum absolute atomic E-state index is 12.0. The quantitative estimate of drug-likeness (QED) is 0.686. The molecule has 1 atom stereocenters. The molecule has 0 spiro atoms. The molecule has 4 heteroatoms. The van der Waals surface area contributed by atoms with Crippen molar-refractivity contribution in [3.63, 3.8) is 0 Å². The number of nitrogens with zero attached hydrogens (tertiary/aromatic N) is 2. The lowest BCUT2D eigenvalue weighted by Gasteiger charge is -2.26. The molecule has 2 rings (SSSR count). The van der Waals surface area contributed by atoms with Crippen LogP contribution in [-0.4, -0.2) is 54.7 Å². The predicted octanol–water partition coefficient (Wildman–Crippen LogP) is 0.520. The smallest absolute Gasteiger partial charge is 0.223 e. The molecule has 0 N–H and O–H groups in total. The van der Waals surface area contributed by atoms with Crippen LogP contribution in [0.15, 0.2) is 0 Å². The summed E-state index contributed by atoms with van der Waals surface area (Å²) in [5.74, 6) is 0.881. The van der Waals surface area contributed by atoms with Crippen LogP contribution in [-0.2, 0) is 9.59 Å². The molecule has 1 amide bonds. The first kappa shape index (κ1) is 11.6. The summed E-state index contributed by atoms with van der Waals surface area (Å²) in [4.78, 5) is 27.2. The zero-order chi connectivity index (χ0) is 11.5. The first-order valence-electron chi connectivity index (χ1n) is 6.13. The van der Waals surface area contributed by atoms with Crippen LogP contribution in [0.25, 0.3) is 0 Å². The minimum atomic E-state index is 0.174. The second kappa shape index (κ2) is 4.95. The van der Waals surface area contributed by atoms with Crippen LogP contribution in [0, 0.1) is 5.92 Å². The molecule has 0 saturated carbocycles. The summed E-state index contributed by atoms with van der Waals surface area (Å²) in [5, 5.41) is 0. The highest BCUT2D eigenvalue weighted by atomic mass is 16.2. The molecule has 2 saturated heterocycles. The fourth-order valence-corrected chi connectivity index (χ4v) is 2.62. The molecule has 16 heavy (non-hydrogen) atoms. The van der Waals surface area contributed by atoms with Gasteiger partial charge in [-0.05, 0) is 32.4 Å². The third kappa shape index (κ3) is 2.82. The van der Waals surface area contributed by atoms with E-state index in [1.807, 2.05) is 0 Å². The van der Waals surface area contributed by atoms with Gasteiger partial charge in [0.25, 0.3) is 0 Å². The standard InChI is InChI=1S/C12H20N2O2/c1-13-6-4-10(8-13)7-12(16)14-5-2-3-11(15)9-14/h10H,2-9H2,1H3. The zero-order valence-corrected chi connectivity index (χ0v) is 9.95. The summed E-state index contributed by atoms with van der Waals surface area (Å²) in [5.41, 5.74) is 0. The molecule has 2 aliphatic heterocycles. The third-order valence-corrected chi connectivity index (χ3v) is 3.56. The lowest BCUT2D eigenvalue weighted by molar-refractivity contribution is -0.138. The molecule has 0 bridgehead atoms. The van der Waals surface area contributed by atoms with Crippen molar-refractivity contribution < 1.29 is 9.59 Å². The number of ketones is 1. The second-order valence-electron chi connectivity index (χ2n) is 5.08. The average Bonchev–Trinajstić information content (AvgIpc) is 2.64. The van der Waals surface area contributed by atoms with Crippen molar-refractivity contribution in [2.45, 2.75) is 25.7 Å². The molecular formula is C12H20N2O2. The van der Waals surface area contributed by atoms with E-state index in [9.17, 15) is 9.59 Å². The number of Topliss-reactive ketones (excluding diaryl/α,β-unsaturated/α-hetero) is 1. The van der Waals surface area contributed by atoms with Crippen molar-refractivity contribution in [1.29, 1.82) is 0 Å². The summed E-state index contributed by atoms with van der Waals surface area (Å²) < 4.78 is 0. The van der Waals surface area contributed by atoms with Gasteiger partial charge in [-0.3, -0.25) is 9.59 Å². The first-order valence-corrected chi connectivity index (χ1v) is 6.13. The Bertz CT molecular complexity index is 291. The van der Waals surface area contributed by atoms with E-state index in [0.29, 0.717) is 25.3 Å². The molecular weight excluding hydrogens is 204 g/mol. The van der Waals surface area contributed by atoms with E-state index >= 15 is 0 Å². The van der Waals surface area contributed by atoms with Crippen LogP contribution in [0.3, 0.4) is 0 Å². The van der Waals surface area contributed by atoms with Gasteiger partial charge >= 0.3 is 0 Å². The highest BCUT2D eigenvalue weighted by molar-refractivity contribution is 5.87. The number of carbonyl (C=O) groups is 2. The van der Waals surface area contributed by atoms with E-state index < -0.39 is 0 Å². The Hall–Kier alpha value is -0.900. The molecule has 4 nitrogen and oxygen atoms in total. The van der Waals surface area contributed by atoms with Gasteiger partial charge in [-0.1, -0.05) is 0 Å². The van der Waals surface area contributed by atoms with Crippen LogP contribution in [0.2, 0.25) is 0 Å². The Balaban J connectivity index is 1.81. The number of likely N-dealkylation sites (tertiary alicyclic amines) is 2. The molecule has 0 radical (unpaired) electrons. The van der Waals surface area contributed by atoms with Crippen LogP contribution < -0.4 is 0 Å². The summed E-state index contributed by atoms with van der Waals surface area (Å²) in [6, 6.07) is 0. The van der Waals surface area contributed by atoms with Gasteiger partial charge in [-0.2, -0.15) is 0 Å². The van der Waals surface area contributed by atoms with Gasteiger partial charge in [0.1, 0.15) is 0 Å². The van der Waals surface area contributed by atoms with E-state index in [0.717, 1.165) is 32.5 Å². The third-order valence-electron chi connectivity index (χ3n) is 3.56. The van der Waals surface area contributed by atoms with Crippen LogP contribution in [0.5, 0.6) is 0 Å². The maximum Gasteiger partial charge on any atom is 0.223 e. The minimum absolute atomic E-state index is 0.174. The number of rotatable bonds is 2. The van der Waals surface area contributed by atoms with Gasteiger partial charge in [0.15, 0.2) is 5.78 Å². The first-order chi connectivity index (χ1) is 7.65. The molecule has 0 aromatic rings. The van der Waals surface area contributed by atoms with Crippen molar-refractivity contribution in [3.8, 4) is 0 Å². The maximum atomic E-state index is 12.0. The molecule has 1 unspecified atom stereocenters. The van der Waals surface area contributed by atoms with Crippen LogP contribution >= 0.6 is 0 Å². The minimum Gasteiger partial charge on any atom is -0.335 e. The monoisotopic (exact) mass is 224 g/mol. The lowest BCUT2D eigenvalue weighted by Crippen LogP contribution is -2.40. The van der Waals surface area contributed by atoms with Crippen molar-refractivity contribution in [3.05, 3.63) is 0 Å². The van der Waals surface area contributed by atoms with E-state index in [1.54, 1.807) is 4.90 Å². The van der Waals surface area contributed by atoms with Crippen LogP contribution in [0.4, 0.5) is 0 Å². The summed E-state index contributed by atoms with van der Waals surface area (Å²) in [7, 11) is 2.09. The van der Waals surface area contributed by atoms with E-state index in [4.69, 9.17) is 0 Å². The molecule has 0 aromatic heterocycles. The van der Waals surface area contributed by atoms with Gasteiger partial charge in [0.05, 0.1) is 6.54 Å². The van der Waals surface area contributed by atoms with Crippen molar-refractivity contribution in [1.82, 2.24) is 9.80 Å². The Morgan fingerprint density at radius 1 is 1.44 bits per heavy atom. The van der Waals surface area contributed by atoms with E-state index in [2.05, 4.69) is 11.9 Å². The Labute approximate surface area is 96.6 Å². The van der Waals surface area contributed by atoms with Crippen molar-refractivity contribution >= 4 is 11.7 Å². The lowest BCUT2D eigenvalue weighted by atomic mass is 10.0. The zero-order valence-electron chi connectivity index (χ0n) is 9.95. The summed E-state index contributed by atoms with van der Waals surface area (Å²) in [6.07, 6.45) is 3.23. The van der Waals surface area contributed by atoms with Gasteiger partial charge in [0, 0.05) is 25.9 Å². The Morgan fingerprint density at radius 3 is 2.88 bits per heavy atom. The van der Waals surface area contributed by atoms with Crippen molar-refractivity contribution in [2.75, 3.05) is 33.2 Å². The molecule has 90 valence electrons. The Kier molecular flexibility index (Phi) is 3.59. The van der Waals surface area contributed by atoms with Crippen LogP contribution in [0.1, 0.15) is 25.7 Å². The topological polar surface area (TPSA) is 40.6 Å². The largest absolute Gasteiger partial charge is 0.335 e. The fourth-order valence-electron chi connectivity index (χ4n) is 2.62. The highest BCUT2D eigenvalue weighted by Gasteiger charge is 2.26. The number of amides is 1. The van der Waals surface area contributed by atoms with Crippen molar-refractivity contribution in [2.24, 2.45) is 5.92 Å². The van der Waals surface area contributed by atoms with E-state index in [1.165, 1.54) is 0 Å². The molecule has 2 heterocycles.